The van der Waals surface area contributed by atoms with Crippen LogP contribution >= 0.6 is 0 Å². The summed E-state index contributed by atoms with van der Waals surface area (Å²) in [6, 6.07) is 1.87. The van der Waals surface area contributed by atoms with Gasteiger partial charge in [0.25, 0.3) is 0 Å². The molecule has 2 bridgehead atoms. The summed E-state index contributed by atoms with van der Waals surface area (Å²) in [5, 5.41) is 20.4. The van der Waals surface area contributed by atoms with Crippen LogP contribution in [0.15, 0.2) is 35.2 Å². The number of nitrogens with zero attached hydrogens (tertiary/aromatic N) is 1. The normalized spacial score (nSPS) is 21.2. The van der Waals surface area contributed by atoms with Crippen LogP contribution in [0.5, 0.6) is 11.8 Å². The van der Waals surface area contributed by atoms with E-state index in [1.807, 2.05) is 12.2 Å². The number of rotatable bonds is 3. The third-order valence-electron chi connectivity index (χ3n) is 4.32. The maximum atomic E-state index is 13.7. The van der Waals surface area contributed by atoms with Gasteiger partial charge in [-0.3, -0.25) is 4.28 Å². The van der Waals surface area contributed by atoms with E-state index in [4.69, 9.17) is 4.28 Å². The van der Waals surface area contributed by atoms with Crippen molar-refractivity contribution in [3.8, 4) is 11.8 Å². The summed E-state index contributed by atoms with van der Waals surface area (Å²) in [5.41, 5.74) is 0.796. The molecule has 2 aliphatic rings. The van der Waals surface area contributed by atoms with Crippen molar-refractivity contribution in [3.05, 3.63) is 53.1 Å². The minimum absolute atomic E-state index is 0.133. The van der Waals surface area contributed by atoms with Crippen LogP contribution in [-0.2, 0) is 10.1 Å². The summed E-state index contributed by atoms with van der Waals surface area (Å²) >= 11 is 0. The van der Waals surface area contributed by atoms with E-state index in [0.29, 0.717) is 34.4 Å². The molecule has 0 saturated heterocycles. The molecule has 0 saturated carbocycles. The quantitative estimate of drug-likeness (QED) is 0.824. The molecule has 9 heteroatoms. The maximum Gasteiger partial charge on any atom is 0.360 e. The first kappa shape index (κ1) is 15.0. The van der Waals surface area contributed by atoms with Gasteiger partial charge in [-0.25, -0.2) is 8.78 Å². The molecule has 0 radical (unpaired) electrons. The topological polar surface area (TPSA) is 88.8 Å². The first-order chi connectivity index (χ1) is 11.3. The molecular formula is C15H11F2NO5S. The number of halogens is 2. The van der Waals surface area contributed by atoms with Crippen LogP contribution in [0.2, 0.25) is 0 Å². The van der Waals surface area contributed by atoms with Crippen molar-refractivity contribution in [2.75, 3.05) is 0 Å². The first-order valence-corrected chi connectivity index (χ1v) is 8.45. The fourth-order valence-electron chi connectivity index (χ4n) is 3.31. The Morgan fingerprint density at radius 3 is 2.21 bits per heavy atom. The van der Waals surface area contributed by atoms with Gasteiger partial charge in [-0.15, -0.1) is 0 Å². The molecule has 4 rings (SSSR count). The molecule has 2 aliphatic carbocycles. The third-order valence-corrected chi connectivity index (χ3v) is 5.53. The number of benzene rings is 1. The zero-order chi connectivity index (χ0) is 17.2. The lowest BCUT2D eigenvalue weighted by atomic mass is 10.0. The predicted molar refractivity (Wildman–Crippen MR) is 77.1 cm³/mol. The van der Waals surface area contributed by atoms with Crippen molar-refractivity contribution in [2.24, 2.45) is 0 Å². The number of aromatic nitrogens is 1. The molecule has 6 nitrogen and oxygen atoms in total. The van der Waals surface area contributed by atoms with Crippen molar-refractivity contribution in [3.63, 3.8) is 0 Å². The molecule has 2 aromatic rings. The number of hydrogen-bond donors (Lipinski definition) is 2. The Morgan fingerprint density at radius 2 is 1.67 bits per heavy atom. The van der Waals surface area contributed by atoms with Crippen molar-refractivity contribution in [1.29, 1.82) is 0 Å². The Bertz CT molecular complexity index is 960. The Hall–Kier alpha value is -2.55. The summed E-state index contributed by atoms with van der Waals surface area (Å²) in [7, 11) is -4.73. The number of hydrogen-bond acceptors (Lipinski definition) is 5. The molecule has 1 aromatic heterocycles. The molecule has 126 valence electrons. The Kier molecular flexibility index (Phi) is 2.96. The largest absolute Gasteiger partial charge is 0.492 e. The Balaban J connectivity index is 1.77. The highest BCUT2D eigenvalue weighted by Crippen LogP contribution is 2.56. The third kappa shape index (κ3) is 1.94. The number of fused-ring (bicyclic) bond motifs is 5. The van der Waals surface area contributed by atoms with E-state index in [1.54, 1.807) is 0 Å². The smallest absolute Gasteiger partial charge is 0.360 e. The van der Waals surface area contributed by atoms with Gasteiger partial charge < -0.3 is 10.2 Å². The standard InChI is InChI=1S/C15H11F2NO5S/c16-9-3-4-11(10(17)6-9)24(21,22)23-18-14(19)12-7-1-2-8(5-7)13(12)15(18)20/h1-4,6-8,19-20H,5H2. The van der Waals surface area contributed by atoms with Gasteiger partial charge in [0, 0.05) is 29.0 Å². The molecule has 1 aromatic carbocycles. The van der Waals surface area contributed by atoms with E-state index in [1.165, 1.54) is 0 Å². The summed E-state index contributed by atoms with van der Waals surface area (Å²) in [5.74, 6) is -3.65. The van der Waals surface area contributed by atoms with Crippen molar-refractivity contribution in [2.45, 2.75) is 23.2 Å². The van der Waals surface area contributed by atoms with Crippen LogP contribution in [0.25, 0.3) is 0 Å². The summed E-state index contributed by atoms with van der Waals surface area (Å²) < 4.78 is 56.1. The minimum Gasteiger partial charge on any atom is -0.492 e. The SMILES string of the molecule is O=S(=O)(On1c(O)c2c(c1O)C1C=CC2C1)c1ccc(F)cc1F. The van der Waals surface area contributed by atoms with E-state index in [0.717, 1.165) is 6.07 Å². The van der Waals surface area contributed by atoms with Crippen molar-refractivity contribution >= 4 is 10.1 Å². The van der Waals surface area contributed by atoms with Crippen LogP contribution in [0, 0.1) is 11.6 Å². The average Bonchev–Trinajstić information content (AvgIpc) is 3.16. The lowest BCUT2D eigenvalue weighted by molar-refractivity contribution is 0.199. The van der Waals surface area contributed by atoms with E-state index < -0.39 is 38.4 Å². The molecule has 2 atom stereocenters. The van der Waals surface area contributed by atoms with Crippen LogP contribution in [0.4, 0.5) is 8.78 Å². The summed E-state index contributed by atoms with van der Waals surface area (Å²) in [6.07, 6.45) is 4.39. The Labute approximate surface area is 135 Å². The van der Waals surface area contributed by atoms with Crippen molar-refractivity contribution in [1.82, 2.24) is 4.73 Å². The maximum absolute atomic E-state index is 13.7. The molecule has 0 fully saturated rings. The number of aromatic hydroxyl groups is 2. The second-order valence-corrected chi connectivity index (χ2v) is 7.20. The lowest BCUT2D eigenvalue weighted by Crippen LogP contribution is -2.21. The fraction of sp³-hybridized carbons (Fsp3) is 0.200. The predicted octanol–water partition coefficient (Wildman–Crippen LogP) is 2.14. The second kappa shape index (κ2) is 4.73. The average molecular weight is 355 g/mol. The molecule has 0 amide bonds. The van der Waals surface area contributed by atoms with E-state index in [-0.39, 0.29) is 11.8 Å². The van der Waals surface area contributed by atoms with Gasteiger partial charge in [0.2, 0.25) is 11.8 Å². The highest BCUT2D eigenvalue weighted by molar-refractivity contribution is 7.87. The van der Waals surface area contributed by atoms with E-state index in [2.05, 4.69) is 0 Å². The summed E-state index contributed by atoms with van der Waals surface area (Å²) in [6.45, 7) is 0. The monoisotopic (exact) mass is 355 g/mol. The lowest BCUT2D eigenvalue weighted by Gasteiger charge is -2.11. The van der Waals surface area contributed by atoms with Gasteiger partial charge in [-0.2, -0.15) is 8.42 Å². The van der Waals surface area contributed by atoms with Gasteiger partial charge in [-0.1, -0.05) is 16.9 Å². The van der Waals surface area contributed by atoms with Crippen LogP contribution in [-0.4, -0.2) is 23.4 Å². The van der Waals surface area contributed by atoms with Crippen LogP contribution in [0.3, 0.4) is 0 Å². The molecule has 0 aliphatic heterocycles. The van der Waals surface area contributed by atoms with E-state index >= 15 is 0 Å². The van der Waals surface area contributed by atoms with Gasteiger partial charge in [-0.05, 0) is 18.6 Å². The second-order valence-electron chi connectivity index (χ2n) is 5.71. The van der Waals surface area contributed by atoms with Gasteiger partial charge >= 0.3 is 10.1 Å². The Morgan fingerprint density at radius 1 is 1.08 bits per heavy atom. The fourth-order valence-corrected chi connectivity index (χ4v) is 4.26. The minimum atomic E-state index is -4.73. The first-order valence-electron chi connectivity index (χ1n) is 7.04. The van der Waals surface area contributed by atoms with Gasteiger partial charge in [0.05, 0.1) is 0 Å². The molecule has 2 unspecified atom stereocenters. The van der Waals surface area contributed by atoms with E-state index in [9.17, 15) is 27.4 Å². The molecule has 1 heterocycles. The molecule has 0 spiro atoms. The number of allylic oxidation sites excluding steroid dienone is 2. The summed E-state index contributed by atoms with van der Waals surface area (Å²) in [4.78, 5) is -0.905. The molecular weight excluding hydrogens is 344 g/mol. The van der Waals surface area contributed by atoms with Crippen LogP contribution in [0.1, 0.15) is 29.4 Å². The van der Waals surface area contributed by atoms with Gasteiger partial charge in [0.1, 0.15) is 16.5 Å². The molecule has 2 N–H and O–H groups in total. The highest BCUT2D eigenvalue weighted by atomic mass is 32.2. The van der Waals surface area contributed by atoms with Crippen molar-refractivity contribution < 1.29 is 31.7 Å². The van der Waals surface area contributed by atoms with Gasteiger partial charge in [0.15, 0.2) is 0 Å². The zero-order valence-electron chi connectivity index (χ0n) is 12.0. The highest BCUT2D eigenvalue weighted by Gasteiger charge is 2.42. The zero-order valence-corrected chi connectivity index (χ0v) is 12.8. The molecule has 24 heavy (non-hydrogen) atoms. The van der Waals surface area contributed by atoms with Crippen LogP contribution < -0.4 is 4.28 Å².